The number of methoxy groups -OCH3 is 1. The largest absolute Gasteiger partial charge is 0.496 e. The molecule has 1 aliphatic carbocycles. The zero-order valence-electron chi connectivity index (χ0n) is 17.0. The molecule has 4 aliphatic rings. The van der Waals surface area contributed by atoms with Crippen molar-refractivity contribution in [3.63, 3.8) is 0 Å². The van der Waals surface area contributed by atoms with E-state index in [9.17, 15) is 13.2 Å². The predicted octanol–water partition coefficient (Wildman–Crippen LogP) is 1.88. The smallest absolute Gasteiger partial charge is 0.173 e. The SMILES string of the molecule is COc1ccccc1C1=COC2C(CCC3OCN(C4CCS(=O)(=O)C4)CC32)C1=O. The van der Waals surface area contributed by atoms with Crippen LogP contribution in [0.15, 0.2) is 30.5 Å². The number of Topliss-reactive ketones (excluding diaryl/α,β-unsaturated/α-hetero) is 1. The summed E-state index contributed by atoms with van der Waals surface area (Å²) in [5.74, 6) is 1.03. The summed E-state index contributed by atoms with van der Waals surface area (Å²) in [4.78, 5) is 15.5. The standard InChI is InChI=1S/C22H27NO6S/c1-27-19-5-3-2-4-15(19)18-11-28-22-16(21(18)24)6-7-20-17(22)10-23(13-29-20)14-8-9-30(25,26)12-14/h2-5,11,14,16-17,20,22H,6-10,12-13H2,1H3. The van der Waals surface area contributed by atoms with Gasteiger partial charge in [-0.3, -0.25) is 9.69 Å². The molecule has 3 fully saturated rings. The third kappa shape index (κ3) is 3.44. The third-order valence-electron chi connectivity index (χ3n) is 7.03. The van der Waals surface area contributed by atoms with E-state index in [1.165, 1.54) is 0 Å². The van der Waals surface area contributed by atoms with Crippen molar-refractivity contribution in [1.29, 1.82) is 0 Å². The highest BCUT2D eigenvalue weighted by atomic mass is 32.2. The van der Waals surface area contributed by atoms with Gasteiger partial charge in [0.1, 0.15) is 11.9 Å². The second kappa shape index (κ2) is 7.66. The summed E-state index contributed by atoms with van der Waals surface area (Å²) in [6.07, 6.45) is 3.59. The highest BCUT2D eigenvalue weighted by molar-refractivity contribution is 7.91. The quantitative estimate of drug-likeness (QED) is 0.720. The minimum Gasteiger partial charge on any atom is -0.496 e. The van der Waals surface area contributed by atoms with Gasteiger partial charge in [-0.1, -0.05) is 18.2 Å². The normalized spacial score (nSPS) is 35.7. The number of hydrogen-bond donors (Lipinski definition) is 0. The van der Waals surface area contributed by atoms with Gasteiger partial charge in [-0.15, -0.1) is 0 Å². The molecule has 1 aromatic carbocycles. The number of sulfone groups is 1. The Balaban J connectivity index is 1.37. The van der Waals surface area contributed by atoms with E-state index in [0.29, 0.717) is 31.0 Å². The monoisotopic (exact) mass is 433 g/mol. The molecular formula is C22H27NO6S. The molecule has 3 aliphatic heterocycles. The van der Waals surface area contributed by atoms with Crippen LogP contribution < -0.4 is 4.74 Å². The van der Waals surface area contributed by atoms with Crippen LogP contribution in [0.25, 0.3) is 5.57 Å². The molecule has 8 heteroatoms. The Bertz CT molecular complexity index is 974. The van der Waals surface area contributed by atoms with Gasteiger partial charge in [0, 0.05) is 24.1 Å². The lowest BCUT2D eigenvalue weighted by molar-refractivity contribution is -0.175. The van der Waals surface area contributed by atoms with Crippen LogP contribution in [0, 0.1) is 11.8 Å². The molecule has 0 N–H and O–H groups in total. The molecule has 0 bridgehead atoms. The van der Waals surface area contributed by atoms with Crippen LogP contribution in [0.3, 0.4) is 0 Å². The summed E-state index contributed by atoms with van der Waals surface area (Å²) in [6.45, 7) is 1.16. The van der Waals surface area contributed by atoms with E-state index in [1.54, 1.807) is 13.4 Å². The van der Waals surface area contributed by atoms with E-state index in [-0.39, 0.29) is 47.4 Å². The summed E-state index contributed by atoms with van der Waals surface area (Å²) in [5, 5.41) is 0. The van der Waals surface area contributed by atoms with E-state index < -0.39 is 9.84 Å². The predicted molar refractivity (Wildman–Crippen MR) is 111 cm³/mol. The van der Waals surface area contributed by atoms with E-state index in [4.69, 9.17) is 14.2 Å². The number of allylic oxidation sites excluding steroid dienone is 1. The van der Waals surface area contributed by atoms with Crippen molar-refractivity contribution in [2.45, 2.75) is 37.5 Å². The number of ether oxygens (including phenoxy) is 3. The molecule has 0 aromatic heterocycles. The van der Waals surface area contributed by atoms with Gasteiger partial charge in [-0.25, -0.2) is 8.42 Å². The fourth-order valence-electron chi connectivity index (χ4n) is 5.44. The molecule has 0 radical (unpaired) electrons. The summed E-state index contributed by atoms with van der Waals surface area (Å²) in [7, 11) is -1.36. The topological polar surface area (TPSA) is 82.1 Å². The molecule has 5 rings (SSSR count). The Labute approximate surface area is 176 Å². The lowest BCUT2D eigenvalue weighted by Gasteiger charge is -2.49. The molecule has 0 spiro atoms. The maximum absolute atomic E-state index is 13.4. The van der Waals surface area contributed by atoms with Crippen molar-refractivity contribution in [3.05, 3.63) is 36.1 Å². The Morgan fingerprint density at radius 3 is 2.77 bits per heavy atom. The summed E-state index contributed by atoms with van der Waals surface area (Å²) >= 11 is 0. The van der Waals surface area contributed by atoms with Crippen LogP contribution in [0.5, 0.6) is 5.75 Å². The fraction of sp³-hybridized carbons (Fsp3) is 0.591. The Morgan fingerprint density at radius 1 is 1.17 bits per heavy atom. The number of hydrogen-bond acceptors (Lipinski definition) is 7. The number of nitrogens with zero attached hydrogens (tertiary/aromatic N) is 1. The number of para-hydroxylation sites is 1. The highest BCUT2D eigenvalue weighted by Gasteiger charge is 2.50. The van der Waals surface area contributed by atoms with Crippen molar-refractivity contribution in [1.82, 2.24) is 4.90 Å². The number of rotatable bonds is 3. The second-order valence-electron chi connectivity index (χ2n) is 8.71. The summed E-state index contributed by atoms with van der Waals surface area (Å²) in [5.41, 5.74) is 1.31. The van der Waals surface area contributed by atoms with Gasteiger partial charge < -0.3 is 14.2 Å². The maximum atomic E-state index is 13.4. The first-order valence-electron chi connectivity index (χ1n) is 10.6. The van der Waals surface area contributed by atoms with Crippen LogP contribution in [0.4, 0.5) is 0 Å². The minimum absolute atomic E-state index is 0.00435. The Morgan fingerprint density at radius 2 is 2.00 bits per heavy atom. The first-order valence-corrected chi connectivity index (χ1v) is 12.4. The zero-order chi connectivity index (χ0) is 20.9. The van der Waals surface area contributed by atoms with Crippen LogP contribution >= 0.6 is 0 Å². The Kier molecular flexibility index (Phi) is 5.11. The van der Waals surface area contributed by atoms with Gasteiger partial charge in [-0.05, 0) is 25.3 Å². The van der Waals surface area contributed by atoms with Crippen LogP contribution in [0.2, 0.25) is 0 Å². The molecular weight excluding hydrogens is 406 g/mol. The number of fused-ring (bicyclic) bond motifs is 3. The van der Waals surface area contributed by atoms with Crippen LogP contribution in [-0.4, -0.2) is 69.2 Å². The number of carbonyl (C=O) groups excluding carboxylic acids is 1. The number of carbonyl (C=O) groups is 1. The van der Waals surface area contributed by atoms with E-state index in [1.807, 2.05) is 24.3 Å². The molecule has 162 valence electrons. The molecule has 3 heterocycles. The van der Waals surface area contributed by atoms with Crippen molar-refractivity contribution in [2.24, 2.45) is 11.8 Å². The van der Waals surface area contributed by atoms with Gasteiger partial charge in [0.25, 0.3) is 0 Å². The van der Waals surface area contributed by atoms with Crippen LogP contribution in [-0.2, 0) is 24.1 Å². The first-order chi connectivity index (χ1) is 14.5. The van der Waals surface area contributed by atoms with Crippen LogP contribution in [0.1, 0.15) is 24.8 Å². The van der Waals surface area contributed by atoms with Gasteiger partial charge in [0.2, 0.25) is 0 Å². The molecule has 1 aromatic rings. The average Bonchev–Trinajstić information content (AvgIpc) is 3.13. The van der Waals surface area contributed by atoms with Gasteiger partial charge in [0.05, 0.1) is 49.2 Å². The minimum atomic E-state index is -2.95. The Hall–Kier alpha value is -1.90. The molecule has 2 saturated heterocycles. The molecule has 1 saturated carbocycles. The zero-order valence-corrected chi connectivity index (χ0v) is 17.8. The van der Waals surface area contributed by atoms with E-state index in [2.05, 4.69) is 4.90 Å². The van der Waals surface area contributed by atoms with E-state index in [0.717, 1.165) is 18.4 Å². The average molecular weight is 434 g/mol. The molecule has 30 heavy (non-hydrogen) atoms. The van der Waals surface area contributed by atoms with Crippen molar-refractivity contribution in [3.8, 4) is 5.75 Å². The van der Waals surface area contributed by atoms with Crippen molar-refractivity contribution >= 4 is 21.2 Å². The van der Waals surface area contributed by atoms with Gasteiger partial charge in [-0.2, -0.15) is 0 Å². The van der Waals surface area contributed by atoms with Crippen molar-refractivity contribution in [2.75, 3.05) is 31.9 Å². The van der Waals surface area contributed by atoms with Gasteiger partial charge in [0.15, 0.2) is 15.6 Å². The maximum Gasteiger partial charge on any atom is 0.173 e. The second-order valence-corrected chi connectivity index (χ2v) is 10.9. The van der Waals surface area contributed by atoms with E-state index >= 15 is 0 Å². The lowest BCUT2D eigenvalue weighted by Crippen LogP contribution is -2.58. The molecule has 7 nitrogen and oxygen atoms in total. The highest BCUT2D eigenvalue weighted by Crippen LogP contribution is 2.43. The number of ketones is 1. The summed E-state index contributed by atoms with van der Waals surface area (Å²) < 4.78 is 41.5. The summed E-state index contributed by atoms with van der Waals surface area (Å²) in [6, 6.07) is 7.48. The molecule has 0 amide bonds. The number of benzene rings is 1. The fourth-order valence-corrected chi connectivity index (χ4v) is 7.20. The van der Waals surface area contributed by atoms with Gasteiger partial charge >= 0.3 is 0 Å². The third-order valence-corrected chi connectivity index (χ3v) is 8.78. The molecule has 5 atom stereocenters. The molecule has 5 unspecified atom stereocenters. The lowest BCUT2D eigenvalue weighted by atomic mass is 9.71. The first kappa shape index (κ1) is 20.0. The van der Waals surface area contributed by atoms with Crippen molar-refractivity contribution < 1.29 is 27.4 Å².